The molecule has 0 aliphatic heterocycles. The number of hydrogen-bond acceptors (Lipinski definition) is 5. The van der Waals surface area contributed by atoms with Gasteiger partial charge in [0.15, 0.2) is 5.13 Å². The summed E-state index contributed by atoms with van der Waals surface area (Å²) in [7, 11) is -3.87. The predicted octanol–water partition coefficient (Wildman–Crippen LogP) is 3.89. The molecule has 0 radical (unpaired) electrons. The molecule has 0 aliphatic carbocycles. The molecule has 0 spiro atoms. The summed E-state index contributed by atoms with van der Waals surface area (Å²) in [5, 5.41) is 3.58. The molecule has 27 heavy (non-hydrogen) atoms. The van der Waals surface area contributed by atoms with Gasteiger partial charge in [0.2, 0.25) is 15.9 Å². The molecule has 1 heterocycles. The van der Waals surface area contributed by atoms with E-state index in [4.69, 9.17) is 11.6 Å². The van der Waals surface area contributed by atoms with E-state index in [0.29, 0.717) is 10.2 Å². The van der Waals surface area contributed by atoms with Crippen LogP contribution in [-0.4, -0.2) is 25.4 Å². The largest absolute Gasteiger partial charge is 0.301 e. The molecule has 1 amide bonds. The molecule has 142 valence electrons. The highest BCUT2D eigenvalue weighted by atomic mass is 35.5. The molecule has 2 N–H and O–H groups in total. The van der Waals surface area contributed by atoms with Gasteiger partial charge in [0.25, 0.3) is 0 Å². The Hall–Kier alpha value is -2.00. The van der Waals surface area contributed by atoms with Crippen LogP contribution in [0.1, 0.15) is 13.8 Å². The SMILES string of the molecule is CC(C)C(NS(=O)(=O)c1ccc(Cl)cc1)C(=O)Nc1nc2ccccc2s1. The van der Waals surface area contributed by atoms with Gasteiger partial charge in [0.05, 0.1) is 15.1 Å². The number of halogens is 1. The second-order valence-corrected chi connectivity index (χ2v) is 9.45. The smallest absolute Gasteiger partial charge is 0.244 e. The maximum atomic E-state index is 12.7. The molecular formula is C18H18ClN3O3S2. The number of aromatic nitrogens is 1. The van der Waals surface area contributed by atoms with Gasteiger partial charge in [-0.3, -0.25) is 4.79 Å². The summed E-state index contributed by atoms with van der Waals surface area (Å²) in [6, 6.07) is 12.3. The third kappa shape index (κ3) is 4.65. The van der Waals surface area contributed by atoms with Crippen LogP contribution in [0.4, 0.5) is 5.13 Å². The number of sulfonamides is 1. The van der Waals surface area contributed by atoms with Crippen molar-refractivity contribution in [2.24, 2.45) is 5.92 Å². The van der Waals surface area contributed by atoms with E-state index in [-0.39, 0.29) is 10.8 Å². The first-order valence-electron chi connectivity index (χ1n) is 8.20. The summed E-state index contributed by atoms with van der Waals surface area (Å²) in [5.74, 6) is -0.719. The van der Waals surface area contributed by atoms with Crippen LogP contribution in [0.15, 0.2) is 53.4 Å². The number of nitrogens with zero attached hydrogens (tertiary/aromatic N) is 1. The zero-order valence-electron chi connectivity index (χ0n) is 14.6. The second-order valence-electron chi connectivity index (χ2n) is 6.27. The lowest BCUT2D eigenvalue weighted by molar-refractivity contribution is -0.118. The first kappa shape index (κ1) is 19.8. The van der Waals surface area contributed by atoms with E-state index in [0.717, 1.165) is 10.2 Å². The Morgan fingerprint density at radius 3 is 2.41 bits per heavy atom. The minimum Gasteiger partial charge on any atom is -0.301 e. The topological polar surface area (TPSA) is 88.2 Å². The fourth-order valence-electron chi connectivity index (χ4n) is 2.45. The minimum absolute atomic E-state index is 0.0466. The standard InChI is InChI=1S/C18H18ClN3O3S2/c1-11(2)16(22-27(24,25)13-9-7-12(19)8-10-13)17(23)21-18-20-14-5-3-4-6-15(14)26-18/h3-11,16,22H,1-2H3,(H,20,21,23). The van der Waals surface area contributed by atoms with Gasteiger partial charge in [0, 0.05) is 5.02 Å². The molecule has 0 bridgehead atoms. The number of fused-ring (bicyclic) bond motifs is 1. The summed E-state index contributed by atoms with van der Waals surface area (Å²) in [6.07, 6.45) is 0. The summed E-state index contributed by atoms with van der Waals surface area (Å²) < 4.78 is 28.6. The van der Waals surface area contributed by atoms with Crippen molar-refractivity contribution in [2.75, 3.05) is 5.32 Å². The molecule has 3 rings (SSSR count). The molecule has 1 unspecified atom stereocenters. The molecule has 0 fully saturated rings. The van der Waals surface area contributed by atoms with Crippen LogP contribution < -0.4 is 10.0 Å². The van der Waals surface area contributed by atoms with Crippen LogP contribution in [0.3, 0.4) is 0 Å². The lowest BCUT2D eigenvalue weighted by Gasteiger charge is -2.21. The Bertz CT molecular complexity index is 1030. The van der Waals surface area contributed by atoms with E-state index in [2.05, 4.69) is 15.0 Å². The molecule has 6 nitrogen and oxygen atoms in total. The lowest BCUT2D eigenvalue weighted by atomic mass is 10.1. The number of nitrogens with one attached hydrogen (secondary N) is 2. The van der Waals surface area contributed by atoms with Gasteiger partial charge >= 0.3 is 0 Å². The first-order valence-corrected chi connectivity index (χ1v) is 10.9. The summed E-state index contributed by atoms with van der Waals surface area (Å²) >= 11 is 7.14. The van der Waals surface area contributed by atoms with Crippen LogP contribution in [0.2, 0.25) is 5.02 Å². The third-order valence-corrected chi connectivity index (χ3v) is 6.54. The van der Waals surface area contributed by atoms with E-state index in [1.807, 2.05) is 24.3 Å². The van der Waals surface area contributed by atoms with Gasteiger partial charge in [0.1, 0.15) is 6.04 Å². The average molecular weight is 424 g/mol. The number of anilines is 1. The van der Waals surface area contributed by atoms with Gasteiger partial charge < -0.3 is 5.32 Å². The molecule has 2 aromatic carbocycles. The van der Waals surface area contributed by atoms with Gasteiger partial charge in [-0.25, -0.2) is 13.4 Å². The highest BCUT2D eigenvalue weighted by molar-refractivity contribution is 7.89. The first-order chi connectivity index (χ1) is 12.8. The number of hydrogen-bond donors (Lipinski definition) is 2. The molecular weight excluding hydrogens is 406 g/mol. The number of carbonyl (C=O) groups excluding carboxylic acids is 1. The fraction of sp³-hybridized carbons (Fsp3) is 0.222. The van der Waals surface area contributed by atoms with E-state index in [1.165, 1.54) is 35.6 Å². The quantitative estimate of drug-likeness (QED) is 0.629. The molecule has 0 saturated carbocycles. The molecule has 0 saturated heterocycles. The van der Waals surface area contributed by atoms with Gasteiger partial charge in [-0.15, -0.1) is 0 Å². The van der Waals surface area contributed by atoms with Crippen LogP contribution in [0.5, 0.6) is 0 Å². The minimum atomic E-state index is -3.87. The van der Waals surface area contributed by atoms with E-state index >= 15 is 0 Å². The number of rotatable bonds is 6. The monoisotopic (exact) mass is 423 g/mol. The number of para-hydroxylation sites is 1. The molecule has 9 heteroatoms. The fourth-order valence-corrected chi connectivity index (χ4v) is 4.79. The van der Waals surface area contributed by atoms with Crippen LogP contribution in [-0.2, 0) is 14.8 Å². The van der Waals surface area contributed by atoms with Crippen molar-refractivity contribution in [3.8, 4) is 0 Å². The Labute approximate surface area is 166 Å². The van der Waals surface area contributed by atoms with Crippen molar-refractivity contribution in [1.29, 1.82) is 0 Å². The number of thiazole rings is 1. The second kappa shape index (κ2) is 7.93. The lowest BCUT2D eigenvalue weighted by Crippen LogP contribution is -2.47. The Morgan fingerprint density at radius 1 is 1.11 bits per heavy atom. The summed E-state index contributed by atoms with van der Waals surface area (Å²) in [5.41, 5.74) is 0.778. The summed E-state index contributed by atoms with van der Waals surface area (Å²) in [4.78, 5) is 17.1. The van der Waals surface area contributed by atoms with Gasteiger partial charge in [-0.1, -0.05) is 48.9 Å². The van der Waals surface area contributed by atoms with Gasteiger partial charge in [-0.05, 0) is 42.3 Å². The Kier molecular flexibility index (Phi) is 5.81. The van der Waals surface area contributed by atoms with Crippen molar-refractivity contribution in [1.82, 2.24) is 9.71 Å². The molecule has 0 aliphatic rings. The maximum Gasteiger partial charge on any atom is 0.244 e. The average Bonchev–Trinajstić information content (AvgIpc) is 3.02. The van der Waals surface area contributed by atoms with Crippen LogP contribution in [0.25, 0.3) is 10.2 Å². The zero-order valence-corrected chi connectivity index (χ0v) is 17.0. The highest BCUT2D eigenvalue weighted by Crippen LogP contribution is 2.26. The van der Waals surface area contributed by atoms with Crippen LogP contribution >= 0.6 is 22.9 Å². The van der Waals surface area contributed by atoms with Crippen LogP contribution in [0, 0.1) is 5.92 Å². The maximum absolute atomic E-state index is 12.7. The van der Waals surface area contributed by atoms with Crippen molar-refractivity contribution in [3.63, 3.8) is 0 Å². The molecule has 3 aromatic rings. The number of amides is 1. The van der Waals surface area contributed by atoms with Gasteiger partial charge in [-0.2, -0.15) is 4.72 Å². The summed E-state index contributed by atoms with van der Waals surface area (Å²) in [6.45, 7) is 3.54. The molecule has 1 aromatic heterocycles. The highest BCUT2D eigenvalue weighted by Gasteiger charge is 2.29. The molecule has 1 atom stereocenters. The normalized spacial score (nSPS) is 13.0. The number of carbonyl (C=O) groups is 1. The number of benzene rings is 2. The van der Waals surface area contributed by atoms with E-state index < -0.39 is 22.0 Å². The van der Waals surface area contributed by atoms with Crippen molar-refractivity contribution in [3.05, 3.63) is 53.6 Å². The van der Waals surface area contributed by atoms with Crippen molar-refractivity contribution < 1.29 is 13.2 Å². The van der Waals surface area contributed by atoms with E-state index in [9.17, 15) is 13.2 Å². The Balaban J connectivity index is 1.79. The Morgan fingerprint density at radius 2 is 1.78 bits per heavy atom. The predicted molar refractivity (Wildman–Crippen MR) is 109 cm³/mol. The van der Waals surface area contributed by atoms with E-state index in [1.54, 1.807) is 13.8 Å². The third-order valence-electron chi connectivity index (χ3n) is 3.88. The zero-order chi connectivity index (χ0) is 19.6. The van der Waals surface area contributed by atoms with Crippen molar-refractivity contribution in [2.45, 2.75) is 24.8 Å². The van der Waals surface area contributed by atoms with Crippen molar-refractivity contribution >= 4 is 54.2 Å².